The summed E-state index contributed by atoms with van der Waals surface area (Å²) in [5.74, 6) is -3.70. The van der Waals surface area contributed by atoms with Gasteiger partial charge in [0.2, 0.25) is 5.91 Å². The molecule has 0 aliphatic rings. The van der Waals surface area contributed by atoms with Crippen molar-refractivity contribution in [1.82, 2.24) is 25.4 Å². The van der Waals surface area contributed by atoms with E-state index in [2.05, 4.69) is 20.7 Å². The first-order valence-electron chi connectivity index (χ1n) is 9.78. The zero-order valence-electron chi connectivity index (χ0n) is 17.3. The van der Waals surface area contributed by atoms with E-state index in [1.54, 1.807) is 31.8 Å². The Balaban J connectivity index is 1.69. The zero-order chi connectivity index (χ0) is 22.5. The molecule has 1 heterocycles. The molecule has 9 heteroatoms. The van der Waals surface area contributed by atoms with Gasteiger partial charge in [-0.25, -0.2) is 18.4 Å². The first-order chi connectivity index (χ1) is 14.8. The van der Waals surface area contributed by atoms with E-state index in [0.29, 0.717) is 0 Å². The van der Waals surface area contributed by atoms with E-state index in [0.717, 1.165) is 23.4 Å². The van der Waals surface area contributed by atoms with Crippen LogP contribution < -0.4 is 10.6 Å². The molecule has 0 aliphatic heterocycles. The van der Waals surface area contributed by atoms with E-state index in [-0.39, 0.29) is 12.0 Å². The second-order valence-corrected chi connectivity index (χ2v) is 7.45. The molecule has 1 aromatic heterocycles. The van der Waals surface area contributed by atoms with Gasteiger partial charge in [-0.2, -0.15) is 5.10 Å². The number of nitrogens with zero attached hydrogens (tertiary/aromatic N) is 3. The van der Waals surface area contributed by atoms with E-state index in [1.807, 2.05) is 24.3 Å². The van der Waals surface area contributed by atoms with E-state index in [9.17, 15) is 18.4 Å². The van der Waals surface area contributed by atoms with Crippen LogP contribution in [-0.4, -0.2) is 32.6 Å². The van der Waals surface area contributed by atoms with Crippen LogP contribution in [0.1, 0.15) is 42.7 Å². The molecule has 2 unspecified atom stereocenters. The lowest BCUT2D eigenvalue weighted by Gasteiger charge is -2.24. The number of hydrogen-bond donors (Lipinski definition) is 2. The molecule has 2 atom stereocenters. The second kappa shape index (κ2) is 9.46. The summed E-state index contributed by atoms with van der Waals surface area (Å²) in [7, 11) is 0. The zero-order valence-corrected chi connectivity index (χ0v) is 17.3. The number of halogens is 2. The molecule has 162 valence electrons. The Labute approximate surface area is 178 Å². The first kappa shape index (κ1) is 22.1. The minimum atomic E-state index is -0.985. The largest absolute Gasteiger partial charge is 0.348 e. The van der Waals surface area contributed by atoms with Crippen molar-refractivity contribution in [1.29, 1.82) is 0 Å². The van der Waals surface area contributed by atoms with Gasteiger partial charge in [0.1, 0.15) is 35.9 Å². The molecule has 0 spiro atoms. The number of carbonyl (C=O) groups excluding carboxylic acids is 2. The van der Waals surface area contributed by atoms with Gasteiger partial charge in [0.25, 0.3) is 5.91 Å². The Morgan fingerprint density at radius 3 is 2.16 bits per heavy atom. The number of amides is 2. The van der Waals surface area contributed by atoms with Crippen LogP contribution in [0.5, 0.6) is 0 Å². The molecule has 7 nitrogen and oxygen atoms in total. The van der Waals surface area contributed by atoms with Gasteiger partial charge in [0.05, 0.1) is 11.7 Å². The van der Waals surface area contributed by atoms with E-state index >= 15 is 0 Å². The third kappa shape index (κ3) is 5.11. The third-order valence-corrected chi connectivity index (χ3v) is 4.86. The standard InChI is InChI=1S/C22H23F2N5O2/c1-13(2)20(28-21(30)19-17(23)5-4-6-18(19)24)22(31)27-14(3)15-7-9-16(10-8-15)29-12-25-11-26-29/h4-14,20H,1-3H3,(H,27,31)(H,28,30). The van der Waals surface area contributed by atoms with Gasteiger partial charge in [0.15, 0.2) is 0 Å². The summed E-state index contributed by atoms with van der Waals surface area (Å²) in [5, 5.41) is 9.35. The molecule has 2 aromatic carbocycles. The molecule has 2 N–H and O–H groups in total. The van der Waals surface area contributed by atoms with Crippen LogP contribution in [0.2, 0.25) is 0 Å². The lowest BCUT2D eigenvalue weighted by molar-refractivity contribution is -0.124. The van der Waals surface area contributed by atoms with Crippen molar-refractivity contribution in [2.75, 3.05) is 0 Å². The Bertz CT molecular complexity index is 1030. The van der Waals surface area contributed by atoms with E-state index < -0.39 is 35.1 Å². The van der Waals surface area contributed by atoms with Gasteiger partial charge in [-0.3, -0.25) is 9.59 Å². The number of hydrogen-bond acceptors (Lipinski definition) is 4. The molecule has 0 saturated heterocycles. The SMILES string of the molecule is CC(NC(=O)C(NC(=O)c1c(F)cccc1F)C(C)C)c1ccc(-n2cncn2)cc1. The molecular formula is C22H23F2N5O2. The Morgan fingerprint density at radius 2 is 1.61 bits per heavy atom. The summed E-state index contributed by atoms with van der Waals surface area (Å²) in [4.78, 5) is 29.2. The van der Waals surface area contributed by atoms with Crippen molar-refractivity contribution < 1.29 is 18.4 Å². The summed E-state index contributed by atoms with van der Waals surface area (Å²) >= 11 is 0. The normalized spacial score (nSPS) is 13.0. The lowest BCUT2D eigenvalue weighted by atomic mass is 10.0. The highest BCUT2D eigenvalue weighted by molar-refractivity contribution is 5.98. The fraction of sp³-hybridized carbons (Fsp3) is 0.273. The molecule has 2 amide bonds. The summed E-state index contributed by atoms with van der Waals surface area (Å²) < 4.78 is 29.4. The molecule has 0 fully saturated rings. The Morgan fingerprint density at radius 1 is 0.968 bits per heavy atom. The van der Waals surface area contributed by atoms with E-state index in [4.69, 9.17) is 0 Å². The van der Waals surface area contributed by atoms with Crippen molar-refractivity contribution in [2.24, 2.45) is 5.92 Å². The monoisotopic (exact) mass is 427 g/mol. The van der Waals surface area contributed by atoms with Crippen LogP contribution in [0.15, 0.2) is 55.1 Å². The van der Waals surface area contributed by atoms with Gasteiger partial charge < -0.3 is 10.6 Å². The second-order valence-electron chi connectivity index (χ2n) is 7.45. The maximum Gasteiger partial charge on any atom is 0.257 e. The smallest absolute Gasteiger partial charge is 0.257 e. The van der Waals surface area contributed by atoms with Gasteiger partial charge in [-0.15, -0.1) is 0 Å². The Hall–Kier alpha value is -3.62. The number of carbonyl (C=O) groups is 2. The van der Waals surface area contributed by atoms with E-state index in [1.165, 1.54) is 12.4 Å². The lowest BCUT2D eigenvalue weighted by Crippen LogP contribution is -2.50. The molecule has 3 aromatic rings. The molecule has 31 heavy (non-hydrogen) atoms. The quantitative estimate of drug-likeness (QED) is 0.606. The minimum Gasteiger partial charge on any atom is -0.348 e. The predicted molar refractivity (Wildman–Crippen MR) is 110 cm³/mol. The number of rotatable bonds is 7. The number of nitrogens with one attached hydrogen (secondary N) is 2. The summed E-state index contributed by atoms with van der Waals surface area (Å²) in [5.41, 5.74) is 0.947. The molecule has 3 rings (SSSR count). The predicted octanol–water partition coefficient (Wildman–Crippen LogP) is 3.18. The number of aromatic nitrogens is 3. The molecule has 0 bridgehead atoms. The van der Waals surface area contributed by atoms with Crippen LogP contribution in [0.25, 0.3) is 5.69 Å². The fourth-order valence-corrected chi connectivity index (χ4v) is 3.11. The Kier molecular flexibility index (Phi) is 6.74. The van der Waals surface area contributed by atoms with Crippen molar-refractivity contribution in [2.45, 2.75) is 32.9 Å². The van der Waals surface area contributed by atoms with Crippen molar-refractivity contribution in [3.8, 4) is 5.69 Å². The molecule has 0 saturated carbocycles. The average Bonchev–Trinajstić information content (AvgIpc) is 3.26. The third-order valence-electron chi connectivity index (χ3n) is 4.86. The highest BCUT2D eigenvalue weighted by Crippen LogP contribution is 2.17. The average molecular weight is 427 g/mol. The summed E-state index contributed by atoms with van der Waals surface area (Å²) in [6.45, 7) is 5.28. The summed E-state index contributed by atoms with van der Waals surface area (Å²) in [6, 6.07) is 9.21. The molecule has 0 radical (unpaired) electrons. The molecular weight excluding hydrogens is 404 g/mol. The highest BCUT2D eigenvalue weighted by Gasteiger charge is 2.28. The van der Waals surface area contributed by atoms with Crippen LogP contribution >= 0.6 is 0 Å². The van der Waals surface area contributed by atoms with Crippen molar-refractivity contribution >= 4 is 11.8 Å². The summed E-state index contributed by atoms with van der Waals surface area (Å²) in [6.07, 6.45) is 3.01. The van der Waals surface area contributed by atoms with Gasteiger partial charge in [-0.1, -0.05) is 32.0 Å². The van der Waals surface area contributed by atoms with Gasteiger partial charge in [-0.05, 0) is 42.7 Å². The van der Waals surface area contributed by atoms with Crippen LogP contribution in [0, 0.1) is 17.6 Å². The fourth-order valence-electron chi connectivity index (χ4n) is 3.11. The maximum absolute atomic E-state index is 13.9. The highest BCUT2D eigenvalue weighted by atomic mass is 19.1. The van der Waals surface area contributed by atoms with Crippen molar-refractivity contribution in [3.63, 3.8) is 0 Å². The number of benzene rings is 2. The topological polar surface area (TPSA) is 88.9 Å². The van der Waals surface area contributed by atoms with Crippen LogP contribution in [0.3, 0.4) is 0 Å². The van der Waals surface area contributed by atoms with Crippen molar-refractivity contribution in [3.05, 3.63) is 77.9 Å². The van der Waals surface area contributed by atoms with Crippen LogP contribution in [-0.2, 0) is 4.79 Å². The minimum absolute atomic E-state index is 0.305. The first-order valence-corrected chi connectivity index (χ1v) is 9.78. The maximum atomic E-state index is 13.9. The van der Waals surface area contributed by atoms with Crippen LogP contribution in [0.4, 0.5) is 8.78 Å². The van der Waals surface area contributed by atoms with Gasteiger partial charge >= 0.3 is 0 Å². The van der Waals surface area contributed by atoms with Gasteiger partial charge in [0, 0.05) is 0 Å². The molecule has 0 aliphatic carbocycles.